The minimum absolute atomic E-state index is 0.329. The van der Waals surface area contributed by atoms with Crippen LogP contribution in [0.3, 0.4) is 0 Å². The average Bonchev–Trinajstić information content (AvgIpc) is 2.76. The number of hydrogen-bond acceptors (Lipinski definition) is 5. The van der Waals surface area contributed by atoms with E-state index in [1.165, 1.54) is 0 Å². The number of hydrogen-bond donors (Lipinski definition) is 0. The summed E-state index contributed by atoms with van der Waals surface area (Å²) in [6.45, 7) is 12.1. The highest BCUT2D eigenvalue weighted by Gasteiger charge is 2.37. The van der Waals surface area contributed by atoms with Crippen LogP contribution in [0.25, 0.3) is 11.1 Å². The monoisotopic (exact) mass is 468 g/mol. The number of methoxy groups -OCH3 is 1. The Morgan fingerprint density at radius 2 is 1.26 bits per heavy atom. The third kappa shape index (κ3) is 6.65. The van der Waals surface area contributed by atoms with E-state index < -0.39 is 11.2 Å². The molecule has 0 N–H and O–H groups in total. The Bertz CT molecular complexity index is 988. The Morgan fingerprint density at radius 3 is 1.76 bits per heavy atom. The van der Waals surface area contributed by atoms with E-state index in [1.54, 1.807) is 16.9 Å². The Labute approximate surface area is 202 Å². The minimum atomic E-state index is -0.609. The van der Waals surface area contributed by atoms with Gasteiger partial charge < -0.3 is 19.1 Å². The minimum Gasteiger partial charge on any atom is -0.497 e. The van der Waals surface area contributed by atoms with Gasteiger partial charge in [0, 0.05) is 19.6 Å². The number of carbonyl (C=O) groups is 2. The molecule has 0 aliphatic carbocycles. The second-order valence-electron chi connectivity index (χ2n) is 10.5. The van der Waals surface area contributed by atoms with Crippen molar-refractivity contribution < 1.29 is 23.8 Å². The summed E-state index contributed by atoms with van der Waals surface area (Å²) < 4.78 is 16.5. The molecular weight excluding hydrogens is 432 g/mol. The number of rotatable bonds is 3. The summed E-state index contributed by atoms with van der Waals surface area (Å²) in [6.07, 6.45) is -0.767. The Morgan fingerprint density at radius 1 is 0.765 bits per heavy atom. The van der Waals surface area contributed by atoms with Gasteiger partial charge in [-0.3, -0.25) is 4.90 Å². The summed E-state index contributed by atoms with van der Waals surface area (Å²) >= 11 is 0. The van der Waals surface area contributed by atoms with Crippen LogP contribution in [0.5, 0.6) is 5.75 Å². The maximum absolute atomic E-state index is 13.0. The second kappa shape index (κ2) is 9.95. The lowest BCUT2D eigenvalue weighted by molar-refractivity contribution is -0.0152. The van der Waals surface area contributed by atoms with Gasteiger partial charge in [-0.15, -0.1) is 0 Å². The van der Waals surface area contributed by atoms with Gasteiger partial charge in [-0.05, 0) is 70.4 Å². The molecule has 34 heavy (non-hydrogen) atoms. The summed E-state index contributed by atoms with van der Waals surface area (Å²) in [5, 5.41) is 0. The summed E-state index contributed by atoms with van der Waals surface area (Å²) in [5.74, 6) is 0.804. The van der Waals surface area contributed by atoms with Crippen LogP contribution in [0.2, 0.25) is 0 Å². The standard InChI is InChI=1S/C27H36N2O5/c1-26(2,3)33-24(30)28-16-17-29(25(31)34-27(4,5)6)23(18-28)21-10-8-19(9-11-21)20-12-14-22(32-7)15-13-20/h8-15,23H,16-18H2,1-7H3/t23-/m1/s1. The van der Waals surface area contributed by atoms with Crippen LogP contribution >= 0.6 is 0 Å². The van der Waals surface area contributed by atoms with Crippen molar-refractivity contribution in [3.63, 3.8) is 0 Å². The number of nitrogens with zero attached hydrogens (tertiary/aromatic N) is 2. The molecule has 1 fully saturated rings. The first-order valence-corrected chi connectivity index (χ1v) is 11.6. The molecule has 2 aromatic rings. The molecule has 0 saturated carbocycles. The van der Waals surface area contributed by atoms with E-state index >= 15 is 0 Å². The molecule has 184 valence electrons. The predicted octanol–water partition coefficient (Wildman–Crippen LogP) is 5.89. The maximum atomic E-state index is 13.0. The summed E-state index contributed by atoms with van der Waals surface area (Å²) in [6, 6.07) is 15.6. The molecule has 0 unspecified atom stereocenters. The highest BCUT2D eigenvalue weighted by molar-refractivity contribution is 5.72. The fourth-order valence-electron chi connectivity index (χ4n) is 3.78. The van der Waals surface area contributed by atoms with E-state index in [2.05, 4.69) is 0 Å². The summed E-state index contributed by atoms with van der Waals surface area (Å²) in [4.78, 5) is 29.1. The molecule has 0 aromatic heterocycles. The highest BCUT2D eigenvalue weighted by Crippen LogP contribution is 2.30. The first-order chi connectivity index (χ1) is 15.9. The van der Waals surface area contributed by atoms with Gasteiger partial charge in [-0.2, -0.15) is 0 Å². The molecule has 2 amide bonds. The van der Waals surface area contributed by atoms with E-state index in [0.717, 1.165) is 22.4 Å². The van der Waals surface area contributed by atoms with Gasteiger partial charge in [0.2, 0.25) is 0 Å². The summed E-state index contributed by atoms with van der Waals surface area (Å²) in [7, 11) is 1.64. The van der Waals surface area contributed by atoms with Crippen molar-refractivity contribution in [3.8, 4) is 16.9 Å². The van der Waals surface area contributed by atoms with E-state index in [4.69, 9.17) is 14.2 Å². The molecule has 1 heterocycles. The highest BCUT2D eigenvalue weighted by atomic mass is 16.6. The van der Waals surface area contributed by atoms with E-state index in [9.17, 15) is 9.59 Å². The smallest absolute Gasteiger partial charge is 0.410 e. The molecule has 0 radical (unpaired) electrons. The molecular formula is C27H36N2O5. The van der Waals surface area contributed by atoms with Gasteiger partial charge in [0.15, 0.2) is 0 Å². The van der Waals surface area contributed by atoms with Gasteiger partial charge in [0.05, 0.1) is 13.2 Å². The molecule has 0 bridgehead atoms. The molecule has 3 rings (SSSR count). The first-order valence-electron chi connectivity index (χ1n) is 11.6. The third-order valence-corrected chi connectivity index (χ3v) is 5.38. The zero-order valence-corrected chi connectivity index (χ0v) is 21.3. The van der Waals surface area contributed by atoms with Crippen molar-refractivity contribution >= 4 is 12.2 Å². The van der Waals surface area contributed by atoms with Crippen molar-refractivity contribution in [1.29, 1.82) is 0 Å². The van der Waals surface area contributed by atoms with Crippen molar-refractivity contribution in [2.24, 2.45) is 0 Å². The second-order valence-corrected chi connectivity index (χ2v) is 10.5. The molecule has 1 aliphatic rings. The zero-order chi connectivity index (χ0) is 25.1. The maximum Gasteiger partial charge on any atom is 0.410 e. The largest absolute Gasteiger partial charge is 0.497 e. The average molecular weight is 469 g/mol. The molecule has 1 saturated heterocycles. The van der Waals surface area contributed by atoms with Crippen LogP contribution in [-0.4, -0.2) is 59.9 Å². The van der Waals surface area contributed by atoms with Crippen LogP contribution in [0, 0.1) is 0 Å². The van der Waals surface area contributed by atoms with E-state index in [-0.39, 0.29) is 18.2 Å². The lowest BCUT2D eigenvalue weighted by Gasteiger charge is -2.42. The van der Waals surface area contributed by atoms with Crippen molar-refractivity contribution in [2.75, 3.05) is 26.7 Å². The zero-order valence-electron chi connectivity index (χ0n) is 21.3. The van der Waals surface area contributed by atoms with Crippen molar-refractivity contribution in [3.05, 3.63) is 54.1 Å². The van der Waals surface area contributed by atoms with Crippen LogP contribution in [-0.2, 0) is 9.47 Å². The van der Waals surface area contributed by atoms with E-state index in [0.29, 0.717) is 19.6 Å². The Kier molecular flexibility index (Phi) is 7.44. The van der Waals surface area contributed by atoms with Gasteiger partial charge in [-0.25, -0.2) is 9.59 Å². The quantitative estimate of drug-likeness (QED) is 0.562. The third-order valence-electron chi connectivity index (χ3n) is 5.38. The van der Waals surface area contributed by atoms with E-state index in [1.807, 2.05) is 90.1 Å². The van der Waals surface area contributed by atoms with Gasteiger partial charge in [0.1, 0.15) is 17.0 Å². The number of piperazine rings is 1. The topological polar surface area (TPSA) is 68.3 Å². The van der Waals surface area contributed by atoms with Gasteiger partial charge in [-0.1, -0.05) is 36.4 Å². The summed E-state index contributed by atoms with van der Waals surface area (Å²) in [5.41, 5.74) is 1.85. The number of amides is 2. The van der Waals surface area contributed by atoms with Crippen LogP contribution < -0.4 is 4.74 Å². The molecule has 2 aromatic carbocycles. The van der Waals surface area contributed by atoms with Crippen molar-refractivity contribution in [2.45, 2.75) is 58.8 Å². The van der Waals surface area contributed by atoms with Crippen molar-refractivity contribution in [1.82, 2.24) is 9.80 Å². The number of carbonyl (C=O) groups excluding carboxylic acids is 2. The molecule has 0 spiro atoms. The SMILES string of the molecule is COc1ccc(-c2ccc([C@H]3CN(C(=O)OC(C)(C)C)CCN3C(=O)OC(C)(C)C)cc2)cc1. The lowest BCUT2D eigenvalue weighted by atomic mass is 9.98. The molecule has 7 nitrogen and oxygen atoms in total. The van der Waals surface area contributed by atoms with Crippen LogP contribution in [0.4, 0.5) is 9.59 Å². The van der Waals surface area contributed by atoms with Crippen LogP contribution in [0.1, 0.15) is 53.1 Å². The Hall–Kier alpha value is -3.22. The lowest BCUT2D eigenvalue weighted by Crippen LogP contribution is -2.54. The van der Waals surface area contributed by atoms with Gasteiger partial charge in [0.25, 0.3) is 0 Å². The normalized spacial score (nSPS) is 16.7. The molecule has 7 heteroatoms. The Balaban J connectivity index is 1.86. The predicted molar refractivity (Wildman–Crippen MR) is 132 cm³/mol. The number of benzene rings is 2. The fourth-order valence-corrected chi connectivity index (χ4v) is 3.78. The molecule has 1 atom stereocenters. The number of ether oxygens (including phenoxy) is 3. The van der Waals surface area contributed by atoms with Crippen LogP contribution in [0.15, 0.2) is 48.5 Å². The molecule has 1 aliphatic heterocycles. The van der Waals surface area contributed by atoms with Gasteiger partial charge >= 0.3 is 12.2 Å². The first kappa shape index (κ1) is 25.4. The fraction of sp³-hybridized carbons (Fsp3) is 0.481.